The molecule has 0 heterocycles. The second-order valence-electron chi connectivity index (χ2n) is 22.2. The fraction of sp³-hybridized carbons (Fsp3) is 0.838. The zero-order chi connectivity index (χ0) is 52.0. The second kappa shape index (κ2) is 63.4. The summed E-state index contributed by atoms with van der Waals surface area (Å²) in [6, 6.07) is -0.539. The normalized spacial score (nSPS) is 13.1. The van der Waals surface area contributed by atoms with Crippen LogP contribution in [0.25, 0.3) is 0 Å². The molecule has 0 aromatic heterocycles. The fourth-order valence-electron chi connectivity index (χ4n) is 10.2. The van der Waals surface area contributed by atoms with Crippen LogP contribution < -0.4 is 5.32 Å². The van der Waals surface area contributed by atoms with Crippen molar-refractivity contribution in [3.63, 3.8) is 0 Å². The number of amides is 1. The van der Waals surface area contributed by atoms with Crippen molar-refractivity contribution < 1.29 is 15.0 Å². The monoisotopic (exact) mass is 1010 g/mol. The van der Waals surface area contributed by atoms with Crippen LogP contribution in [-0.4, -0.2) is 34.9 Å². The van der Waals surface area contributed by atoms with Gasteiger partial charge in [0.25, 0.3) is 0 Å². The Labute approximate surface area is 451 Å². The van der Waals surface area contributed by atoms with Crippen molar-refractivity contribution in [3.8, 4) is 0 Å². The number of carbonyl (C=O) groups is 1. The molecule has 4 heteroatoms. The molecule has 0 rings (SSSR count). The first kappa shape index (κ1) is 70.1. The molecule has 0 radical (unpaired) electrons. The van der Waals surface area contributed by atoms with E-state index < -0.39 is 12.1 Å². The Balaban J connectivity index is 3.43. The maximum absolute atomic E-state index is 12.5. The molecule has 0 aromatic carbocycles. The molecule has 2 atom stereocenters. The summed E-state index contributed by atoms with van der Waals surface area (Å²) in [5, 5.41) is 23.4. The summed E-state index contributed by atoms with van der Waals surface area (Å²) in [6.07, 6.45) is 89.6. The van der Waals surface area contributed by atoms with E-state index in [9.17, 15) is 15.0 Å². The van der Waals surface area contributed by atoms with Crippen LogP contribution in [0.1, 0.15) is 348 Å². The highest BCUT2D eigenvalue weighted by molar-refractivity contribution is 5.76. The molecule has 0 aliphatic rings. The minimum Gasteiger partial charge on any atom is -0.394 e. The minimum atomic E-state index is -0.662. The molecule has 0 saturated carbocycles. The van der Waals surface area contributed by atoms with E-state index in [0.717, 1.165) is 57.8 Å². The smallest absolute Gasteiger partial charge is 0.220 e. The summed E-state index contributed by atoms with van der Waals surface area (Å²) >= 11 is 0. The molecule has 422 valence electrons. The molecule has 0 aliphatic carbocycles. The van der Waals surface area contributed by atoms with Gasteiger partial charge >= 0.3 is 0 Å². The Hall–Kier alpha value is -1.91. The van der Waals surface area contributed by atoms with Crippen molar-refractivity contribution in [1.82, 2.24) is 5.32 Å². The number of nitrogens with one attached hydrogen (secondary N) is 1. The number of aliphatic hydroxyl groups is 2. The van der Waals surface area contributed by atoms with E-state index in [1.54, 1.807) is 0 Å². The SMILES string of the molecule is CC/C=C\C/C=C\C/C=C\C/C=C\C/C=C\CCCCCCCCCCCCCCCCCCCC(=O)NC(CO)C(O)CCCCCCCCCCCCCCCCCCCCCCCCCCCCC. The molecule has 3 N–H and O–H groups in total. The maximum atomic E-state index is 12.5. The molecule has 4 nitrogen and oxygen atoms in total. The summed E-state index contributed by atoms with van der Waals surface area (Å²) < 4.78 is 0. The van der Waals surface area contributed by atoms with Gasteiger partial charge in [0.2, 0.25) is 5.91 Å². The third kappa shape index (κ3) is 59.0. The number of hydrogen-bond acceptors (Lipinski definition) is 3. The van der Waals surface area contributed by atoms with Gasteiger partial charge in [-0.3, -0.25) is 4.79 Å². The van der Waals surface area contributed by atoms with Crippen molar-refractivity contribution in [2.75, 3.05) is 6.61 Å². The van der Waals surface area contributed by atoms with E-state index in [0.29, 0.717) is 12.8 Å². The fourth-order valence-corrected chi connectivity index (χ4v) is 10.2. The van der Waals surface area contributed by atoms with Crippen LogP contribution in [0.15, 0.2) is 60.8 Å². The zero-order valence-electron chi connectivity index (χ0n) is 48.7. The Morgan fingerprint density at radius 2 is 0.611 bits per heavy atom. The molecule has 2 unspecified atom stereocenters. The van der Waals surface area contributed by atoms with E-state index in [1.807, 2.05) is 0 Å². The lowest BCUT2D eigenvalue weighted by molar-refractivity contribution is -0.123. The van der Waals surface area contributed by atoms with Crippen molar-refractivity contribution in [2.24, 2.45) is 0 Å². The molecule has 0 saturated heterocycles. The standard InChI is InChI=1S/C68H127NO3/c1-3-5-7-9-11-13-15-17-19-21-23-25-27-29-31-32-33-34-35-36-38-40-42-44-46-48-50-52-54-56-58-60-62-64-68(72)69-66(65-70)67(71)63-61-59-57-55-53-51-49-47-45-43-41-39-37-30-28-26-24-22-20-18-16-14-12-10-8-6-4-2/h5,7,11,13,17,19,23,25,29,31,66-67,70-71H,3-4,6,8-10,12,14-16,18,20-22,24,26-28,30,32-65H2,1-2H3,(H,69,72)/b7-5-,13-11-,19-17-,25-23-,31-29-. The van der Waals surface area contributed by atoms with Gasteiger partial charge < -0.3 is 15.5 Å². The zero-order valence-corrected chi connectivity index (χ0v) is 48.7. The lowest BCUT2D eigenvalue weighted by Gasteiger charge is -2.22. The van der Waals surface area contributed by atoms with Crippen molar-refractivity contribution in [3.05, 3.63) is 60.8 Å². The van der Waals surface area contributed by atoms with E-state index in [4.69, 9.17) is 0 Å². The van der Waals surface area contributed by atoms with Crippen LogP contribution in [0.4, 0.5) is 0 Å². The van der Waals surface area contributed by atoms with Gasteiger partial charge in [0.05, 0.1) is 18.8 Å². The van der Waals surface area contributed by atoms with E-state index in [-0.39, 0.29) is 12.5 Å². The Morgan fingerprint density at radius 3 is 0.917 bits per heavy atom. The average Bonchev–Trinajstić information content (AvgIpc) is 3.39. The van der Waals surface area contributed by atoms with Gasteiger partial charge in [-0.25, -0.2) is 0 Å². The van der Waals surface area contributed by atoms with Crippen molar-refractivity contribution >= 4 is 5.91 Å². The van der Waals surface area contributed by atoms with Gasteiger partial charge in [-0.05, 0) is 57.8 Å². The van der Waals surface area contributed by atoms with Crippen molar-refractivity contribution in [1.29, 1.82) is 0 Å². The van der Waals surface area contributed by atoms with E-state index in [1.165, 1.54) is 263 Å². The highest BCUT2D eigenvalue weighted by Crippen LogP contribution is 2.19. The third-order valence-corrected chi connectivity index (χ3v) is 15.0. The van der Waals surface area contributed by atoms with Crippen LogP contribution in [0, 0.1) is 0 Å². The molecule has 1 amide bonds. The van der Waals surface area contributed by atoms with Crippen LogP contribution in [-0.2, 0) is 4.79 Å². The van der Waals surface area contributed by atoms with Crippen LogP contribution in [0.2, 0.25) is 0 Å². The highest BCUT2D eigenvalue weighted by Gasteiger charge is 2.20. The molecule has 0 aromatic rings. The van der Waals surface area contributed by atoms with Crippen LogP contribution in [0.5, 0.6) is 0 Å². The Morgan fingerprint density at radius 1 is 0.347 bits per heavy atom. The number of hydrogen-bond donors (Lipinski definition) is 3. The van der Waals surface area contributed by atoms with Gasteiger partial charge in [0.1, 0.15) is 0 Å². The molecule has 0 aliphatic heterocycles. The summed E-state index contributed by atoms with van der Waals surface area (Å²) in [5.74, 6) is -0.0265. The summed E-state index contributed by atoms with van der Waals surface area (Å²) in [5.41, 5.74) is 0. The average molecular weight is 1010 g/mol. The molecule has 0 fully saturated rings. The van der Waals surface area contributed by atoms with Gasteiger partial charge in [-0.2, -0.15) is 0 Å². The topological polar surface area (TPSA) is 69.6 Å². The highest BCUT2D eigenvalue weighted by atomic mass is 16.3. The number of allylic oxidation sites excluding steroid dienone is 10. The summed E-state index contributed by atoms with van der Waals surface area (Å²) in [7, 11) is 0. The number of carbonyl (C=O) groups excluding carboxylic acids is 1. The second-order valence-corrected chi connectivity index (χ2v) is 22.2. The lowest BCUT2D eigenvalue weighted by atomic mass is 10.0. The molecule has 0 spiro atoms. The predicted molar refractivity (Wildman–Crippen MR) is 322 cm³/mol. The van der Waals surface area contributed by atoms with Crippen molar-refractivity contribution in [2.45, 2.75) is 360 Å². The lowest BCUT2D eigenvalue weighted by Crippen LogP contribution is -2.45. The first-order valence-corrected chi connectivity index (χ1v) is 32.5. The molecule has 0 bridgehead atoms. The summed E-state index contributed by atoms with van der Waals surface area (Å²) in [4.78, 5) is 12.5. The number of rotatable bonds is 60. The first-order valence-electron chi connectivity index (χ1n) is 32.5. The number of aliphatic hydroxyl groups excluding tert-OH is 2. The van der Waals surface area contributed by atoms with Gasteiger partial charge in [0, 0.05) is 6.42 Å². The largest absolute Gasteiger partial charge is 0.394 e. The third-order valence-electron chi connectivity index (χ3n) is 15.0. The minimum absolute atomic E-state index is 0.0265. The number of unbranched alkanes of at least 4 members (excludes halogenated alkanes) is 43. The summed E-state index contributed by atoms with van der Waals surface area (Å²) in [6.45, 7) is 4.28. The molecular formula is C68H127NO3. The predicted octanol–water partition coefficient (Wildman–Crippen LogP) is 21.9. The van der Waals surface area contributed by atoms with Gasteiger partial charge in [-0.1, -0.05) is 344 Å². The Bertz CT molecular complexity index is 1190. The van der Waals surface area contributed by atoms with Crippen LogP contribution >= 0.6 is 0 Å². The first-order chi connectivity index (χ1) is 35.7. The molecule has 72 heavy (non-hydrogen) atoms. The van der Waals surface area contributed by atoms with E-state index in [2.05, 4.69) is 79.9 Å². The molecular weight excluding hydrogens is 879 g/mol. The van der Waals surface area contributed by atoms with E-state index >= 15 is 0 Å². The van der Waals surface area contributed by atoms with Gasteiger partial charge in [0.15, 0.2) is 0 Å². The van der Waals surface area contributed by atoms with Crippen LogP contribution in [0.3, 0.4) is 0 Å². The quantitative estimate of drug-likeness (QED) is 0.0420. The Kier molecular flexibility index (Phi) is 61.7. The maximum Gasteiger partial charge on any atom is 0.220 e. The van der Waals surface area contributed by atoms with Gasteiger partial charge in [-0.15, -0.1) is 0 Å².